The van der Waals surface area contributed by atoms with Crippen LogP contribution in [0.15, 0.2) is 71.6 Å². The van der Waals surface area contributed by atoms with Crippen LogP contribution in [-0.2, 0) is 10.0 Å². The number of nitrogens with one attached hydrogen (secondary N) is 1. The van der Waals surface area contributed by atoms with Crippen LogP contribution in [0.2, 0.25) is 0 Å². The zero-order valence-corrected chi connectivity index (χ0v) is 19.8. The van der Waals surface area contributed by atoms with Crippen molar-refractivity contribution in [2.75, 3.05) is 18.4 Å². The van der Waals surface area contributed by atoms with Crippen LogP contribution in [0, 0.1) is 17.0 Å². The summed E-state index contributed by atoms with van der Waals surface area (Å²) >= 11 is 0. The van der Waals surface area contributed by atoms with E-state index in [0.717, 1.165) is 11.6 Å². The van der Waals surface area contributed by atoms with E-state index in [1.807, 2.05) is 13.0 Å². The highest BCUT2D eigenvalue weighted by molar-refractivity contribution is 7.89. The van der Waals surface area contributed by atoms with E-state index in [1.165, 1.54) is 16.4 Å². The van der Waals surface area contributed by atoms with E-state index in [2.05, 4.69) is 5.32 Å². The van der Waals surface area contributed by atoms with E-state index >= 15 is 0 Å². The Morgan fingerprint density at radius 2 is 1.71 bits per heavy atom. The van der Waals surface area contributed by atoms with Crippen LogP contribution in [-0.4, -0.2) is 36.6 Å². The number of nitro groups is 1. The van der Waals surface area contributed by atoms with Gasteiger partial charge < -0.3 is 10.1 Å². The highest BCUT2D eigenvalue weighted by Gasteiger charge is 2.26. The number of hydrogen-bond acceptors (Lipinski definition) is 6. The maximum atomic E-state index is 12.7. The minimum absolute atomic E-state index is 0.0972. The van der Waals surface area contributed by atoms with E-state index in [-0.39, 0.29) is 35.4 Å². The Morgan fingerprint density at radius 3 is 2.29 bits per heavy atom. The SMILES string of the molecule is CCN(CC)S(=O)(=O)c1ccc(Oc2ccc(NC(=O)c3cccc(C)c3)cc2)c([N+](=O)[O-])c1. The lowest BCUT2D eigenvalue weighted by atomic mass is 10.1. The van der Waals surface area contributed by atoms with Gasteiger partial charge in [-0.3, -0.25) is 14.9 Å². The van der Waals surface area contributed by atoms with Crippen molar-refractivity contribution in [1.29, 1.82) is 0 Å². The lowest BCUT2D eigenvalue weighted by Gasteiger charge is -2.18. The van der Waals surface area contributed by atoms with Crippen molar-refractivity contribution in [3.63, 3.8) is 0 Å². The molecule has 9 nitrogen and oxygen atoms in total. The summed E-state index contributed by atoms with van der Waals surface area (Å²) in [7, 11) is -3.86. The van der Waals surface area contributed by atoms with Gasteiger partial charge in [0.15, 0.2) is 0 Å². The fourth-order valence-electron chi connectivity index (χ4n) is 3.32. The molecule has 0 saturated carbocycles. The number of benzene rings is 3. The van der Waals surface area contributed by atoms with Crippen molar-refractivity contribution in [2.24, 2.45) is 0 Å². The number of nitrogens with zero attached hydrogens (tertiary/aromatic N) is 2. The summed E-state index contributed by atoms with van der Waals surface area (Å²) in [5, 5.41) is 14.4. The zero-order chi connectivity index (χ0) is 24.9. The summed E-state index contributed by atoms with van der Waals surface area (Å²) in [5.74, 6) is -0.0749. The van der Waals surface area contributed by atoms with Crippen LogP contribution >= 0.6 is 0 Å². The highest BCUT2D eigenvalue weighted by Crippen LogP contribution is 2.34. The normalized spacial score (nSPS) is 11.3. The van der Waals surface area contributed by atoms with Crippen molar-refractivity contribution in [1.82, 2.24) is 4.31 Å². The molecule has 0 aliphatic heterocycles. The van der Waals surface area contributed by atoms with E-state index in [9.17, 15) is 23.3 Å². The van der Waals surface area contributed by atoms with Gasteiger partial charge in [-0.1, -0.05) is 31.5 Å². The Balaban J connectivity index is 1.80. The van der Waals surface area contributed by atoms with Gasteiger partial charge in [0.1, 0.15) is 5.75 Å². The summed E-state index contributed by atoms with van der Waals surface area (Å²) in [5.41, 5.74) is 1.55. The standard InChI is InChI=1S/C24H25N3O6S/c1-4-26(5-2)34(31,32)21-13-14-23(22(16-21)27(29)30)33-20-11-9-19(10-12-20)25-24(28)18-8-6-7-17(3)15-18/h6-16H,4-5H2,1-3H3,(H,25,28). The van der Waals surface area contributed by atoms with Crippen LogP contribution in [0.25, 0.3) is 0 Å². The van der Waals surface area contributed by atoms with Crippen LogP contribution in [0.3, 0.4) is 0 Å². The average Bonchev–Trinajstić information content (AvgIpc) is 2.81. The number of anilines is 1. The highest BCUT2D eigenvalue weighted by atomic mass is 32.2. The molecule has 3 rings (SSSR count). The number of hydrogen-bond donors (Lipinski definition) is 1. The molecule has 3 aromatic carbocycles. The molecule has 0 aromatic heterocycles. The summed E-state index contributed by atoms with van der Waals surface area (Å²) in [6.07, 6.45) is 0. The second kappa shape index (κ2) is 10.4. The fourth-order valence-corrected chi connectivity index (χ4v) is 4.80. The second-order valence-electron chi connectivity index (χ2n) is 7.43. The van der Waals surface area contributed by atoms with Gasteiger partial charge in [-0.2, -0.15) is 4.31 Å². The van der Waals surface area contributed by atoms with Crippen LogP contribution in [0.4, 0.5) is 11.4 Å². The van der Waals surface area contributed by atoms with Crippen molar-refractivity contribution >= 4 is 27.3 Å². The van der Waals surface area contributed by atoms with Crippen molar-refractivity contribution in [2.45, 2.75) is 25.7 Å². The van der Waals surface area contributed by atoms with Gasteiger partial charge in [-0.05, 0) is 55.5 Å². The summed E-state index contributed by atoms with van der Waals surface area (Å²) in [6.45, 7) is 5.78. The number of aryl methyl sites for hydroxylation is 1. The first-order chi connectivity index (χ1) is 16.1. The quantitative estimate of drug-likeness (QED) is 0.339. The molecular formula is C24H25N3O6S. The molecule has 10 heteroatoms. The second-order valence-corrected chi connectivity index (χ2v) is 9.36. The molecule has 1 amide bonds. The lowest BCUT2D eigenvalue weighted by molar-refractivity contribution is -0.385. The predicted molar refractivity (Wildman–Crippen MR) is 129 cm³/mol. The molecule has 0 aliphatic rings. The number of ether oxygens (including phenoxy) is 1. The van der Waals surface area contributed by atoms with Crippen LogP contribution in [0.1, 0.15) is 29.8 Å². The Labute approximate surface area is 198 Å². The van der Waals surface area contributed by atoms with E-state index in [4.69, 9.17) is 4.74 Å². The number of carbonyl (C=O) groups is 1. The Morgan fingerprint density at radius 1 is 1.03 bits per heavy atom. The van der Waals surface area contributed by atoms with Crippen LogP contribution in [0.5, 0.6) is 11.5 Å². The minimum Gasteiger partial charge on any atom is -0.450 e. The number of nitro benzene ring substituents is 1. The van der Waals surface area contributed by atoms with E-state index in [1.54, 1.807) is 56.3 Å². The molecule has 0 atom stereocenters. The summed E-state index contributed by atoms with van der Waals surface area (Å²) in [4.78, 5) is 23.1. The maximum absolute atomic E-state index is 12.7. The molecule has 3 aromatic rings. The number of amides is 1. The van der Waals surface area contributed by atoms with Crippen molar-refractivity contribution < 1.29 is 22.9 Å². The molecule has 0 spiro atoms. The molecule has 0 heterocycles. The molecule has 0 radical (unpaired) electrons. The van der Waals surface area contributed by atoms with Gasteiger partial charge in [0.2, 0.25) is 15.8 Å². The molecule has 0 aliphatic carbocycles. The average molecular weight is 484 g/mol. The van der Waals surface area contributed by atoms with Crippen molar-refractivity contribution in [3.05, 3.63) is 88.0 Å². The molecule has 34 heavy (non-hydrogen) atoms. The van der Waals surface area contributed by atoms with Gasteiger partial charge in [-0.15, -0.1) is 0 Å². The number of sulfonamides is 1. The third-order valence-corrected chi connectivity index (χ3v) is 7.14. The molecule has 0 bridgehead atoms. The number of carbonyl (C=O) groups excluding carboxylic acids is 1. The topological polar surface area (TPSA) is 119 Å². The Kier molecular flexibility index (Phi) is 7.64. The van der Waals surface area contributed by atoms with Gasteiger partial charge >= 0.3 is 5.69 Å². The zero-order valence-electron chi connectivity index (χ0n) is 19.0. The van der Waals surface area contributed by atoms with Gasteiger partial charge in [0.05, 0.1) is 9.82 Å². The molecule has 178 valence electrons. The molecule has 0 unspecified atom stereocenters. The first-order valence-corrected chi connectivity index (χ1v) is 12.0. The minimum atomic E-state index is -3.86. The number of rotatable bonds is 9. The molecular weight excluding hydrogens is 458 g/mol. The first-order valence-electron chi connectivity index (χ1n) is 10.6. The molecule has 1 N–H and O–H groups in total. The predicted octanol–water partition coefficient (Wildman–Crippen LogP) is 4.98. The maximum Gasteiger partial charge on any atom is 0.312 e. The smallest absolute Gasteiger partial charge is 0.312 e. The first kappa shape index (κ1) is 24.9. The third kappa shape index (κ3) is 5.59. The Bertz CT molecular complexity index is 1300. The largest absolute Gasteiger partial charge is 0.450 e. The van der Waals surface area contributed by atoms with Gasteiger partial charge in [0.25, 0.3) is 5.91 Å². The van der Waals surface area contributed by atoms with Crippen LogP contribution < -0.4 is 10.1 Å². The van der Waals surface area contributed by atoms with Crippen molar-refractivity contribution in [3.8, 4) is 11.5 Å². The third-order valence-electron chi connectivity index (χ3n) is 5.09. The van der Waals surface area contributed by atoms with E-state index < -0.39 is 20.6 Å². The molecule has 0 fully saturated rings. The summed E-state index contributed by atoms with van der Waals surface area (Å²) in [6, 6.07) is 17.0. The fraction of sp³-hybridized carbons (Fsp3) is 0.208. The lowest BCUT2D eigenvalue weighted by Crippen LogP contribution is -2.30. The molecule has 0 saturated heterocycles. The Hall–Kier alpha value is -3.76. The summed E-state index contributed by atoms with van der Waals surface area (Å²) < 4.78 is 32.3. The van der Waals surface area contributed by atoms with Gasteiger partial charge in [-0.25, -0.2) is 8.42 Å². The van der Waals surface area contributed by atoms with Gasteiger partial charge in [0, 0.05) is 30.4 Å². The monoisotopic (exact) mass is 483 g/mol. The van der Waals surface area contributed by atoms with E-state index in [0.29, 0.717) is 11.3 Å².